The highest BCUT2D eigenvalue weighted by Gasteiger charge is 2.32. The summed E-state index contributed by atoms with van der Waals surface area (Å²) in [5.74, 6) is 0.216. The molecule has 1 amide bonds. The molecule has 1 aliphatic heterocycles. The standard InChI is InChI=1S/C26H29FN4O2/c1-30(2)26-28-16-22(20-7-6-8-21(27)15-20)24(29-26)23-9-4-5-14-31(23)25(32)19-12-10-18(11-13-19)17-33-3/h6-8,10-13,15-16,23H,4-5,9,14,17H2,1-3H3/t23-/m0/s1. The van der Waals surface area contributed by atoms with Crippen molar-refractivity contribution >= 4 is 11.9 Å². The zero-order valence-corrected chi connectivity index (χ0v) is 19.3. The highest BCUT2D eigenvalue weighted by atomic mass is 19.1. The number of piperidine rings is 1. The Bertz CT molecular complexity index is 1120. The van der Waals surface area contributed by atoms with Gasteiger partial charge in [0.15, 0.2) is 0 Å². The Hall–Kier alpha value is -3.32. The number of halogens is 1. The number of carbonyl (C=O) groups is 1. The number of ether oxygens (including phenoxy) is 1. The Balaban J connectivity index is 1.74. The molecule has 0 bridgehead atoms. The maximum absolute atomic E-state index is 14.0. The van der Waals surface area contributed by atoms with Gasteiger partial charge in [-0.2, -0.15) is 0 Å². The Morgan fingerprint density at radius 3 is 2.67 bits per heavy atom. The van der Waals surface area contributed by atoms with E-state index < -0.39 is 0 Å². The molecule has 0 N–H and O–H groups in total. The van der Waals surface area contributed by atoms with E-state index in [-0.39, 0.29) is 17.8 Å². The third-order valence-corrected chi connectivity index (χ3v) is 5.93. The van der Waals surface area contributed by atoms with Gasteiger partial charge in [-0.15, -0.1) is 0 Å². The second-order valence-electron chi connectivity index (χ2n) is 8.51. The molecule has 0 spiro atoms. The molecule has 1 aliphatic rings. The molecule has 2 heterocycles. The molecule has 172 valence electrons. The molecule has 2 aromatic carbocycles. The normalized spacial score (nSPS) is 16.0. The highest BCUT2D eigenvalue weighted by molar-refractivity contribution is 5.94. The summed E-state index contributed by atoms with van der Waals surface area (Å²) in [5.41, 5.74) is 3.86. The molecule has 0 unspecified atom stereocenters. The molecule has 3 aromatic rings. The van der Waals surface area contributed by atoms with Crippen LogP contribution < -0.4 is 4.90 Å². The Morgan fingerprint density at radius 1 is 1.18 bits per heavy atom. The summed E-state index contributed by atoms with van der Waals surface area (Å²) >= 11 is 0. The number of hydrogen-bond acceptors (Lipinski definition) is 5. The number of hydrogen-bond donors (Lipinski definition) is 0. The SMILES string of the molecule is COCc1ccc(C(=O)N2CCCC[C@H]2c2nc(N(C)C)ncc2-c2cccc(F)c2)cc1. The Labute approximate surface area is 194 Å². The summed E-state index contributed by atoms with van der Waals surface area (Å²) in [6, 6.07) is 13.8. The monoisotopic (exact) mass is 448 g/mol. The van der Waals surface area contributed by atoms with E-state index in [0.717, 1.165) is 36.1 Å². The molecule has 0 radical (unpaired) electrons. The number of methoxy groups -OCH3 is 1. The minimum absolute atomic E-state index is 0.0288. The van der Waals surface area contributed by atoms with Gasteiger partial charge in [0.1, 0.15) is 5.82 Å². The average molecular weight is 449 g/mol. The van der Waals surface area contributed by atoms with Crippen LogP contribution in [0.1, 0.15) is 46.9 Å². The van der Waals surface area contributed by atoms with E-state index in [0.29, 0.717) is 30.2 Å². The van der Waals surface area contributed by atoms with Crippen molar-refractivity contribution in [3.63, 3.8) is 0 Å². The number of carbonyl (C=O) groups excluding carboxylic acids is 1. The van der Waals surface area contributed by atoms with E-state index in [2.05, 4.69) is 4.98 Å². The molecule has 1 saturated heterocycles. The molecule has 1 atom stereocenters. The molecule has 33 heavy (non-hydrogen) atoms. The summed E-state index contributed by atoms with van der Waals surface area (Å²) in [7, 11) is 5.41. The highest BCUT2D eigenvalue weighted by Crippen LogP contribution is 2.37. The molecular formula is C26H29FN4O2. The van der Waals surface area contributed by atoms with Gasteiger partial charge in [0.2, 0.25) is 5.95 Å². The number of rotatable bonds is 6. The topological polar surface area (TPSA) is 58.6 Å². The second kappa shape index (κ2) is 10.1. The van der Waals surface area contributed by atoms with Crippen molar-refractivity contribution in [2.24, 2.45) is 0 Å². The molecule has 1 fully saturated rings. The largest absolute Gasteiger partial charge is 0.380 e. The van der Waals surface area contributed by atoms with Crippen LogP contribution in [0, 0.1) is 5.82 Å². The molecule has 4 rings (SSSR count). The van der Waals surface area contributed by atoms with E-state index in [1.807, 2.05) is 54.2 Å². The van der Waals surface area contributed by atoms with Crippen molar-refractivity contribution in [1.29, 1.82) is 0 Å². The zero-order chi connectivity index (χ0) is 23.4. The van der Waals surface area contributed by atoms with E-state index in [1.54, 1.807) is 19.4 Å². The van der Waals surface area contributed by atoms with Gasteiger partial charge in [-0.25, -0.2) is 14.4 Å². The number of amides is 1. The fourth-order valence-electron chi connectivity index (χ4n) is 4.27. The van der Waals surface area contributed by atoms with Crippen LogP contribution in [0.4, 0.5) is 10.3 Å². The summed E-state index contributed by atoms with van der Waals surface area (Å²) < 4.78 is 19.2. The van der Waals surface area contributed by atoms with Gasteiger partial charge in [-0.1, -0.05) is 24.3 Å². The lowest BCUT2D eigenvalue weighted by Gasteiger charge is -2.36. The summed E-state index contributed by atoms with van der Waals surface area (Å²) in [4.78, 5) is 26.6. The summed E-state index contributed by atoms with van der Waals surface area (Å²) in [6.45, 7) is 1.15. The van der Waals surface area contributed by atoms with Gasteiger partial charge in [-0.05, 0) is 54.7 Å². The van der Waals surface area contributed by atoms with Crippen LogP contribution in [0.5, 0.6) is 0 Å². The van der Waals surface area contributed by atoms with E-state index in [4.69, 9.17) is 9.72 Å². The fraction of sp³-hybridized carbons (Fsp3) is 0.346. The lowest BCUT2D eigenvalue weighted by atomic mass is 9.93. The molecule has 7 heteroatoms. The lowest BCUT2D eigenvalue weighted by molar-refractivity contribution is 0.0606. The number of benzene rings is 2. The fourth-order valence-corrected chi connectivity index (χ4v) is 4.27. The van der Waals surface area contributed by atoms with Gasteiger partial charge in [0.05, 0.1) is 18.3 Å². The molecule has 0 aliphatic carbocycles. The van der Waals surface area contributed by atoms with Gasteiger partial charge in [-0.3, -0.25) is 4.79 Å². The van der Waals surface area contributed by atoms with Crippen molar-refractivity contribution in [3.05, 3.63) is 77.4 Å². The van der Waals surface area contributed by atoms with Crippen LogP contribution in [0.2, 0.25) is 0 Å². The van der Waals surface area contributed by atoms with E-state index in [9.17, 15) is 9.18 Å². The maximum atomic E-state index is 14.0. The van der Waals surface area contributed by atoms with Crippen molar-refractivity contribution in [3.8, 4) is 11.1 Å². The van der Waals surface area contributed by atoms with Crippen molar-refractivity contribution < 1.29 is 13.9 Å². The smallest absolute Gasteiger partial charge is 0.254 e. The van der Waals surface area contributed by atoms with Crippen LogP contribution >= 0.6 is 0 Å². The van der Waals surface area contributed by atoms with Crippen LogP contribution in [0.3, 0.4) is 0 Å². The van der Waals surface area contributed by atoms with Gasteiger partial charge >= 0.3 is 0 Å². The quantitative estimate of drug-likeness (QED) is 0.539. The van der Waals surface area contributed by atoms with E-state index in [1.165, 1.54) is 12.1 Å². The van der Waals surface area contributed by atoms with Crippen LogP contribution in [-0.4, -0.2) is 48.5 Å². The first-order chi connectivity index (χ1) is 16.0. The number of likely N-dealkylation sites (tertiary alicyclic amines) is 1. The Kier molecular flexibility index (Phi) is 6.99. The average Bonchev–Trinajstić information content (AvgIpc) is 2.84. The first-order valence-electron chi connectivity index (χ1n) is 11.2. The van der Waals surface area contributed by atoms with Crippen molar-refractivity contribution in [1.82, 2.24) is 14.9 Å². The molecule has 1 aromatic heterocycles. The van der Waals surface area contributed by atoms with Crippen LogP contribution in [0.15, 0.2) is 54.7 Å². The predicted octanol–water partition coefficient (Wildman–Crippen LogP) is 4.86. The first-order valence-corrected chi connectivity index (χ1v) is 11.2. The third kappa shape index (κ3) is 5.03. The van der Waals surface area contributed by atoms with Gasteiger partial charge < -0.3 is 14.5 Å². The number of nitrogens with zero attached hydrogens (tertiary/aromatic N) is 4. The van der Waals surface area contributed by atoms with Crippen LogP contribution in [0.25, 0.3) is 11.1 Å². The lowest BCUT2D eigenvalue weighted by Crippen LogP contribution is -2.39. The molecular weight excluding hydrogens is 419 g/mol. The van der Waals surface area contributed by atoms with Crippen LogP contribution in [-0.2, 0) is 11.3 Å². The van der Waals surface area contributed by atoms with E-state index >= 15 is 0 Å². The second-order valence-corrected chi connectivity index (χ2v) is 8.51. The minimum atomic E-state index is -0.317. The Morgan fingerprint density at radius 2 is 1.97 bits per heavy atom. The van der Waals surface area contributed by atoms with Crippen molar-refractivity contribution in [2.45, 2.75) is 31.9 Å². The summed E-state index contributed by atoms with van der Waals surface area (Å²) in [5, 5.41) is 0. The molecule has 0 saturated carbocycles. The predicted molar refractivity (Wildman–Crippen MR) is 127 cm³/mol. The first kappa shape index (κ1) is 22.9. The number of aromatic nitrogens is 2. The zero-order valence-electron chi connectivity index (χ0n) is 19.3. The van der Waals surface area contributed by atoms with Gasteiger partial charge in [0, 0.05) is 45.1 Å². The third-order valence-electron chi connectivity index (χ3n) is 5.93. The summed E-state index contributed by atoms with van der Waals surface area (Å²) in [6.07, 6.45) is 4.46. The maximum Gasteiger partial charge on any atom is 0.254 e. The van der Waals surface area contributed by atoms with Gasteiger partial charge in [0.25, 0.3) is 5.91 Å². The molecule has 6 nitrogen and oxygen atoms in total. The minimum Gasteiger partial charge on any atom is -0.380 e. The number of anilines is 1. The van der Waals surface area contributed by atoms with Crippen molar-refractivity contribution in [2.75, 3.05) is 32.6 Å².